The summed E-state index contributed by atoms with van der Waals surface area (Å²) in [6.45, 7) is 22.9. The first-order valence-corrected chi connectivity index (χ1v) is 19.3. The summed E-state index contributed by atoms with van der Waals surface area (Å²) in [6, 6.07) is 28.5. The third-order valence-corrected chi connectivity index (χ3v) is 11.5. The van der Waals surface area contributed by atoms with Gasteiger partial charge in [-0.2, -0.15) is 11.2 Å². The molecule has 0 aliphatic heterocycles. The average molecular weight is 886 g/mol. The summed E-state index contributed by atoms with van der Waals surface area (Å²) in [5, 5.41) is 7.50. The molecule has 0 fully saturated rings. The van der Waals surface area contributed by atoms with E-state index in [1.54, 1.807) is 5.57 Å². The minimum absolute atomic E-state index is 0. The molecule has 53 heavy (non-hydrogen) atoms. The number of hydrogen-bond donors (Lipinski definition) is 0. The van der Waals surface area contributed by atoms with Gasteiger partial charge in [0, 0.05) is 40.4 Å². The van der Waals surface area contributed by atoms with Crippen molar-refractivity contribution in [3.05, 3.63) is 119 Å². The Hall–Kier alpha value is -3.95. The zero-order valence-electron chi connectivity index (χ0n) is 33.1. The molecule has 0 saturated heterocycles. The van der Waals surface area contributed by atoms with Crippen molar-refractivity contribution in [2.24, 2.45) is 17.3 Å². The maximum atomic E-state index is 6.68. The van der Waals surface area contributed by atoms with Crippen molar-refractivity contribution in [3.8, 4) is 23.0 Å². The van der Waals surface area contributed by atoms with E-state index in [9.17, 15) is 0 Å². The van der Waals surface area contributed by atoms with Crippen molar-refractivity contribution in [3.63, 3.8) is 0 Å². The molecule has 278 valence electrons. The number of para-hydroxylation sites is 1. The number of benzene rings is 3. The van der Waals surface area contributed by atoms with Crippen LogP contribution in [0.3, 0.4) is 0 Å². The second-order valence-corrected chi connectivity index (χ2v) is 16.2. The van der Waals surface area contributed by atoms with Crippen molar-refractivity contribution in [2.75, 3.05) is 0 Å². The third kappa shape index (κ3) is 7.31. The SMILES string of the molecule is CCC1=C[C@H](C(C)(C)C)C[C@H](CC)C1c1c(C)nn(-c2[c-]c(Oc3[c-]c4c(cc3)c3ccccc3n4-c3cc(CC)ccn3)cc(C(C)C)c2)c1C.[Pt+2]. The van der Waals surface area contributed by atoms with Crippen molar-refractivity contribution in [1.29, 1.82) is 0 Å². The Morgan fingerprint density at radius 1 is 0.906 bits per heavy atom. The minimum atomic E-state index is 0. The van der Waals surface area contributed by atoms with Gasteiger partial charge in [-0.15, -0.1) is 41.3 Å². The van der Waals surface area contributed by atoms with Crippen molar-refractivity contribution in [1.82, 2.24) is 19.3 Å². The van der Waals surface area contributed by atoms with Crippen molar-refractivity contribution in [2.45, 2.75) is 107 Å². The summed E-state index contributed by atoms with van der Waals surface area (Å²) in [4.78, 5) is 4.79. The minimum Gasteiger partial charge on any atom is -0.509 e. The first-order chi connectivity index (χ1) is 24.9. The molecule has 7 rings (SSSR count). The van der Waals surface area contributed by atoms with Crippen LogP contribution in [0.2, 0.25) is 0 Å². The van der Waals surface area contributed by atoms with Crippen LogP contribution in [0.1, 0.15) is 115 Å². The van der Waals surface area contributed by atoms with E-state index in [-0.39, 0.29) is 26.5 Å². The third-order valence-electron chi connectivity index (χ3n) is 11.5. The maximum Gasteiger partial charge on any atom is 2.00 e. The largest absolute Gasteiger partial charge is 2.00 e. The van der Waals surface area contributed by atoms with Gasteiger partial charge in [0.1, 0.15) is 5.82 Å². The number of rotatable bonds is 9. The molecular formula is C47H54N4OPt. The van der Waals surface area contributed by atoms with E-state index in [1.165, 1.54) is 34.2 Å². The Labute approximate surface area is 331 Å². The molecule has 0 bridgehead atoms. The van der Waals surface area contributed by atoms with Gasteiger partial charge in [-0.1, -0.05) is 97.2 Å². The Morgan fingerprint density at radius 3 is 2.38 bits per heavy atom. The van der Waals surface area contributed by atoms with Gasteiger partial charge < -0.3 is 9.30 Å². The molecule has 0 radical (unpaired) electrons. The van der Waals surface area contributed by atoms with Crippen molar-refractivity contribution < 1.29 is 25.8 Å². The smallest absolute Gasteiger partial charge is 0.509 e. The average Bonchev–Trinajstić information content (AvgIpc) is 3.62. The first kappa shape index (κ1) is 38.8. The second kappa shape index (κ2) is 15.4. The van der Waals surface area contributed by atoms with Crippen LogP contribution < -0.4 is 4.74 Å². The van der Waals surface area contributed by atoms with Gasteiger partial charge in [-0.25, -0.2) is 4.98 Å². The van der Waals surface area contributed by atoms with E-state index in [0.717, 1.165) is 52.9 Å². The molecule has 0 amide bonds. The van der Waals surface area contributed by atoms with Crippen LogP contribution >= 0.6 is 0 Å². The van der Waals surface area contributed by atoms with Crippen LogP contribution in [-0.2, 0) is 27.5 Å². The van der Waals surface area contributed by atoms with Crippen LogP contribution in [0, 0.1) is 43.2 Å². The van der Waals surface area contributed by atoms with Crippen LogP contribution in [0.25, 0.3) is 33.3 Å². The van der Waals surface area contributed by atoms with E-state index < -0.39 is 0 Å². The molecule has 0 saturated carbocycles. The number of hydrogen-bond acceptors (Lipinski definition) is 3. The molecular weight excluding hydrogens is 832 g/mol. The fraction of sp³-hybridized carbons (Fsp3) is 0.404. The zero-order valence-corrected chi connectivity index (χ0v) is 35.4. The fourth-order valence-corrected chi connectivity index (χ4v) is 8.44. The summed E-state index contributed by atoms with van der Waals surface area (Å²) >= 11 is 0. The zero-order chi connectivity index (χ0) is 36.9. The molecule has 6 heteroatoms. The monoisotopic (exact) mass is 885 g/mol. The van der Waals surface area contributed by atoms with Gasteiger partial charge in [0.05, 0.1) is 5.69 Å². The molecule has 1 unspecified atom stereocenters. The van der Waals surface area contributed by atoms with E-state index in [2.05, 4.69) is 151 Å². The van der Waals surface area contributed by atoms with Crippen LogP contribution in [0.15, 0.2) is 78.5 Å². The number of allylic oxidation sites excluding steroid dienone is 2. The summed E-state index contributed by atoms with van der Waals surface area (Å²) in [6.07, 6.45) is 8.88. The predicted molar refractivity (Wildman–Crippen MR) is 215 cm³/mol. The Bertz CT molecular complexity index is 2280. The van der Waals surface area contributed by atoms with E-state index >= 15 is 0 Å². The van der Waals surface area contributed by atoms with Gasteiger partial charge in [-0.05, 0) is 91.1 Å². The van der Waals surface area contributed by atoms with Crippen LogP contribution in [0.5, 0.6) is 11.5 Å². The summed E-state index contributed by atoms with van der Waals surface area (Å²) in [5.41, 5.74) is 10.9. The quantitative estimate of drug-likeness (QED) is 0.107. The molecule has 3 aromatic carbocycles. The van der Waals surface area contributed by atoms with Gasteiger partial charge in [0.15, 0.2) is 0 Å². The van der Waals surface area contributed by atoms with Gasteiger partial charge in [-0.3, -0.25) is 4.68 Å². The fourth-order valence-electron chi connectivity index (χ4n) is 8.44. The van der Waals surface area contributed by atoms with Crippen LogP contribution in [-0.4, -0.2) is 19.3 Å². The van der Waals surface area contributed by atoms with Gasteiger partial charge in [0.25, 0.3) is 0 Å². The number of ether oxygens (including phenoxy) is 1. The molecule has 0 spiro atoms. The summed E-state index contributed by atoms with van der Waals surface area (Å²) in [5.74, 6) is 4.03. The molecule has 6 aromatic rings. The van der Waals surface area contributed by atoms with E-state index in [4.69, 9.17) is 14.8 Å². The molecule has 3 heterocycles. The van der Waals surface area contributed by atoms with E-state index in [0.29, 0.717) is 35.2 Å². The Balaban J connectivity index is 0.00000481. The molecule has 3 atom stereocenters. The first-order valence-electron chi connectivity index (χ1n) is 19.3. The molecule has 0 N–H and O–H groups in total. The summed E-state index contributed by atoms with van der Waals surface area (Å²) in [7, 11) is 0. The molecule has 1 aliphatic rings. The number of aryl methyl sites for hydroxylation is 2. The second-order valence-electron chi connectivity index (χ2n) is 16.2. The predicted octanol–water partition coefficient (Wildman–Crippen LogP) is 12.6. The number of nitrogens with zero attached hydrogens (tertiary/aromatic N) is 4. The van der Waals surface area contributed by atoms with Crippen molar-refractivity contribution >= 4 is 21.8 Å². The Kier molecular flexibility index (Phi) is 11.3. The standard InChI is InChI=1S/C47H54N4O.Pt/c1-11-32-20-21-48-44(22-32)50-42-17-15-14-16-40(42)41-19-18-38(28-43(41)50)52-39-26-35(29(4)5)25-37(27-39)51-31(7)45(30(6)49-51)46-33(12-2)23-36(47(8,9)10)24-34(46)13-3;/h14-23,25-26,29,34,36,46H,11-13,24H2,1-10H3;/q-2;+2/t34-,36-,46?;/m0./s1. The summed E-state index contributed by atoms with van der Waals surface area (Å²) < 4.78 is 11.0. The number of aromatic nitrogens is 4. The maximum absolute atomic E-state index is 6.68. The van der Waals surface area contributed by atoms with Gasteiger partial charge in [0.2, 0.25) is 0 Å². The molecule has 5 nitrogen and oxygen atoms in total. The molecule has 1 aliphatic carbocycles. The van der Waals surface area contributed by atoms with E-state index in [1.807, 2.05) is 12.3 Å². The Morgan fingerprint density at radius 2 is 1.68 bits per heavy atom. The van der Waals surface area contributed by atoms with Crippen LogP contribution in [0.4, 0.5) is 0 Å². The number of pyridine rings is 1. The topological polar surface area (TPSA) is 44.9 Å². The normalized spacial score (nSPS) is 17.7. The number of fused-ring (bicyclic) bond motifs is 3. The van der Waals surface area contributed by atoms with Gasteiger partial charge >= 0.3 is 21.1 Å². The molecule has 3 aromatic heterocycles.